The number of hydrogen-bond acceptors (Lipinski definition) is 11. The number of benzene rings is 3. The van der Waals surface area contributed by atoms with Gasteiger partial charge in [-0.3, -0.25) is 9.00 Å². The Morgan fingerprint density at radius 2 is 1.80 bits per heavy atom. The van der Waals surface area contributed by atoms with Crippen molar-refractivity contribution in [1.82, 2.24) is 24.8 Å². The van der Waals surface area contributed by atoms with Crippen LogP contribution in [0.2, 0.25) is 5.02 Å². The number of thiazole rings is 1. The number of sulfone groups is 1. The molecule has 1 aliphatic heterocycles. The molecule has 2 unspecified atom stereocenters. The zero-order chi connectivity index (χ0) is 31.6. The molecule has 2 aromatic heterocycles. The first-order valence-corrected chi connectivity index (χ1v) is 17.6. The third-order valence-electron chi connectivity index (χ3n) is 7.08. The molecule has 234 valence electrons. The fraction of sp³-hybridized carbons (Fsp3) is 0.241. The van der Waals surface area contributed by atoms with Crippen molar-refractivity contribution in [2.45, 2.75) is 17.5 Å². The summed E-state index contributed by atoms with van der Waals surface area (Å²) in [7, 11) is -3.99. The van der Waals surface area contributed by atoms with E-state index < -0.39 is 26.4 Å². The van der Waals surface area contributed by atoms with Gasteiger partial charge in [0, 0.05) is 24.4 Å². The maximum absolute atomic E-state index is 13.9. The van der Waals surface area contributed by atoms with Crippen molar-refractivity contribution in [2.24, 2.45) is 0 Å². The number of amides is 1. The second-order valence-electron chi connectivity index (χ2n) is 10.1. The largest absolute Gasteiger partial charge is 0.760 e. The van der Waals surface area contributed by atoms with Gasteiger partial charge < -0.3 is 18.6 Å². The topological polar surface area (TPSA) is 168 Å². The van der Waals surface area contributed by atoms with Gasteiger partial charge in [-0.2, -0.15) is 0 Å². The van der Waals surface area contributed by atoms with Crippen molar-refractivity contribution in [2.75, 3.05) is 26.3 Å². The fourth-order valence-electron chi connectivity index (χ4n) is 4.91. The molecule has 0 bridgehead atoms. The van der Waals surface area contributed by atoms with E-state index in [4.69, 9.17) is 20.8 Å². The van der Waals surface area contributed by atoms with Gasteiger partial charge in [-0.05, 0) is 41.0 Å². The number of rotatable bonds is 10. The molecule has 0 radical (unpaired) electrons. The van der Waals surface area contributed by atoms with Crippen LogP contribution in [0.4, 0.5) is 0 Å². The molecule has 0 saturated carbocycles. The lowest BCUT2D eigenvalue weighted by atomic mass is 10.0. The molecule has 45 heavy (non-hydrogen) atoms. The number of nitrogens with zero attached hydrogens (tertiary/aromatic N) is 4. The van der Waals surface area contributed by atoms with Gasteiger partial charge in [0.15, 0.2) is 15.1 Å². The molecule has 3 heterocycles. The van der Waals surface area contributed by atoms with E-state index in [0.717, 1.165) is 11.1 Å². The smallest absolute Gasteiger partial charge is 0.255 e. The van der Waals surface area contributed by atoms with Gasteiger partial charge in [0.25, 0.3) is 5.91 Å². The molecule has 5 aromatic rings. The normalized spacial score (nSPS) is 15.3. The third-order valence-corrected chi connectivity index (χ3v) is 10.9. The lowest BCUT2D eigenvalue weighted by Gasteiger charge is -2.27. The van der Waals surface area contributed by atoms with Crippen LogP contribution >= 0.6 is 22.9 Å². The number of ether oxygens (including phenoxy) is 1. The zero-order valence-corrected chi connectivity index (χ0v) is 26.6. The Morgan fingerprint density at radius 1 is 1.07 bits per heavy atom. The SMILES string of the molecule is O=C(c1ccc(-c2ccc3nc(C(c4nnc(CNS(=O)[O-])o4)S(=O)(=O)Cc4ccccc4)sc3c2)cc1Cl)N1CCOCC1. The number of carbonyl (C=O) groups is 1. The predicted molar refractivity (Wildman–Crippen MR) is 168 cm³/mol. The summed E-state index contributed by atoms with van der Waals surface area (Å²) in [5.74, 6) is -0.772. The first-order valence-electron chi connectivity index (χ1n) is 13.7. The Labute approximate surface area is 269 Å². The van der Waals surface area contributed by atoms with Crippen LogP contribution in [0.25, 0.3) is 21.3 Å². The lowest BCUT2D eigenvalue weighted by molar-refractivity contribution is 0.0303. The standard InChI is InChI=1S/C29H26ClN5O7S3/c30-22-14-19(6-8-21(22)29(36)35-10-12-41-13-11-35)20-7-9-23-24(15-20)43-28(32-23)26(27-34-33-25(42-27)16-31-44(37)38)45(39,40)17-18-4-2-1-3-5-18/h1-9,14-15,26,31H,10-13,16-17H2,(H,37,38)/p-1. The monoisotopic (exact) mass is 686 g/mol. The number of nitrogens with one attached hydrogen (secondary N) is 1. The number of morpholine rings is 1. The minimum atomic E-state index is -3.99. The molecule has 1 saturated heterocycles. The van der Waals surface area contributed by atoms with Gasteiger partial charge in [0.2, 0.25) is 11.8 Å². The second kappa shape index (κ2) is 13.4. The molecular weight excluding hydrogens is 662 g/mol. The molecule has 6 rings (SSSR count). The van der Waals surface area contributed by atoms with Gasteiger partial charge >= 0.3 is 0 Å². The number of halogens is 1. The first kappa shape index (κ1) is 31.4. The van der Waals surface area contributed by atoms with Crippen molar-refractivity contribution < 1.29 is 31.1 Å². The average molecular weight is 687 g/mol. The highest BCUT2D eigenvalue weighted by Gasteiger charge is 2.37. The molecule has 3 aromatic carbocycles. The van der Waals surface area contributed by atoms with Crippen molar-refractivity contribution in [3.05, 3.63) is 99.7 Å². The van der Waals surface area contributed by atoms with Crippen LogP contribution in [0.1, 0.15) is 38.0 Å². The van der Waals surface area contributed by atoms with Gasteiger partial charge in [-0.1, -0.05) is 54.1 Å². The lowest BCUT2D eigenvalue weighted by Crippen LogP contribution is -2.40. The Bertz CT molecular complexity index is 1980. The summed E-state index contributed by atoms with van der Waals surface area (Å²) in [6.45, 7) is 1.69. The summed E-state index contributed by atoms with van der Waals surface area (Å²) in [4.78, 5) is 19.3. The van der Waals surface area contributed by atoms with Crippen molar-refractivity contribution in [1.29, 1.82) is 0 Å². The van der Waals surface area contributed by atoms with E-state index in [1.54, 1.807) is 53.4 Å². The Kier molecular flexibility index (Phi) is 9.37. The summed E-state index contributed by atoms with van der Waals surface area (Å²) in [5.41, 5.74) is 3.11. The average Bonchev–Trinajstić information content (AvgIpc) is 3.67. The molecule has 2 atom stereocenters. The number of hydrogen-bond donors (Lipinski definition) is 1. The van der Waals surface area contributed by atoms with Crippen molar-refractivity contribution >= 4 is 60.2 Å². The fourth-order valence-corrected chi connectivity index (χ4v) is 8.56. The van der Waals surface area contributed by atoms with Gasteiger partial charge in [-0.25, -0.2) is 18.1 Å². The van der Waals surface area contributed by atoms with Gasteiger partial charge in [-0.15, -0.1) is 21.5 Å². The van der Waals surface area contributed by atoms with Gasteiger partial charge in [0.05, 0.1) is 46.3 Å². The van der Waals surface area contributed by atoms with Crippen molar-refractivity contribution in [3.8, 4) is 11.1 Å². The number of carbonyl (C=O) groups excluding carboxylic acids is 1. The Hall–Kier alpha value is -3.57. The summed E-state index contributed by atoms with van der Waals surface area (Å²) >= 11 is 5.16. The van der Waals surface area contributed by atoms with E-state index in [2.05, 4.69) is 19.9 Å². The Balaban J connectivity index is 1.33. The number of aromatic nitrogens is 3. The van der Waals surface area contributed by atoms with Crippen LogP contribution in [0.5, 0.6) is 0 Å². The van der Waals surface area contributed by atoms with Crippen LogP contribution < -0.4 is 4.72 Å². The highest BCUT2D eigenvalue weighted by Crippen LogP contribution is 2.38. The third kappa shape index (κ3) is 7.14. The van der Waals surface area contributed by atoms with E-state index in [9.17, 15) is 22.0 Å². The molecule has 0 aliphatic carbocycles. The van der Waals surface area contributed by atoms with E-state index >= 15 is 0 Å². The minimum absolute atomic E-state index is 0.0927. The maximum Gasteiger partial charge on any atom is 0.255 e. The highest BCUT2D eigenvalue weighted by molar-refractivity contribution is 7.91. The van der Waals surface area contributed by atoms with Crippen LogP contribution in [-0.2, 0) is 38.1 Å². The molecule has 0 spiro atoms. The predicted octanol–water partition coefficient (Wildman–Crippen LogP) is 4.06. The van der Waals surface area contributed by atoms with E-state index in [0.29, 0.717) is 52.7 Å². The van der Waals surface area contributed by atoms with Crippen LogP contribution in [0, 0.1) is 0 Å². The quantitative estimate of drug-likeness (QED) is 0.212. The Morgan fingerprint density at radius 3 is 2.53 bits per heavy atom. The van der Waals surface area contributed by atoms with E-state index in [-0.39, 0.29) is 35.0 Å². The zero-order valence-electron chi connectivity index (χ0n) is 23.4. The maximum atomic E-state index is 13.9. The van der Waals surface area contributed by atoms with Gasteiger partial charge in [0.1, 0.15) is 5.01 Å². The highest BCUT2D eigenvalue weighted by atomic mass is 35.5. The molecular formula is C29H25ClN5O7S3-. The van der Waals surface area contributed by atoms with Crippen LogP contribution in [0.15, 0.2) is 71.1 Å². The number of fused-ring (bicyclic) bond motifs is 1. The second-order valence-corrected chi connectivity index (χ2v) is 14.4. The molecule has 1 amide bonds. The van der Waals surface area contributed by atoms with E-state index in [1.165, 1.54) is 11.3 Å². The summed E-state index contributed by atoms with van der Waals surface area (Å²) in [6.07, 6.45) is 0. The summed E-state index contributed by atoms with van der Waals surface area (Å²) < 4.78 is 63.3. The molecule has 1 aliphatic rings. The molecule has 1 N–H and O–H groups in total. The summed E-state index contributed by atoms with van der Waals surface area (Å²) in [6, 6.07) is 19.4. The first-order chi connectivity index (χ1) is 21.7. The molecule has 12 nitrogen and oxygen atoms in total. The van der Waals surface area contributed by atoms with Crippen molar-refractivity contribution in [3.63, 3.8) is 0 Å². The molecule has 1 fully saturated rings. The minimum Gasteiger partial charge on any atom is -0.760 e. The van der Waals surface area contributed by atoms with Crippen LogP contribution in [0.3, 0.4) is 0 Å². The van der Waals surface area contributed by atoms with E-state index in [1.807, 2.05) is 18.2 Å². The van der Waals surface area contributed by atoms with Crippen LogP contribution in [-0.4, -0.2) is 69.5 Å². The summed E-state index contributed by atoms with van der Waals surface area (Å²) in [5, 5.41) is 6.94. The molecule has 16 heteroatoms.